The van der Waals surface area contributed by atoms with Crippen LogP contribution in [0.25, 0.3) is 10.9 Å². The predicted molar refractivity (Wildman–Crippen MR) is 101 cm³/mol. The van der Waals surface area contributed by atoms with Gasteiger partial charge in [0.15, 0.2) is 0 Å². The molecule has 4 rings (SSSR count). The zero-order chi connectivity index (χ0) is 18.5. The maximum absolute atomic E-state index is 13.1. The van der Waals surface area contributed by atoms with Gasteiger partial charge in [-0.25, -0.2) is 4.98 Å². The number of hydrogen-bond acceptors (Lipinski definition) is 3. The van der Waals surface area contributed by atoms with Gasteiger partial charge in [-0.15, -0.1) is 0 Å². The predicted octanol–water partition coefficient (Wildman–Crippen LogP) is 3.36. The van der Waals surface area contributed by atoms with Crippen molar-refractivity contribution >= 4 is 34.3 Å². The molecular formula is C20H22ClN3O2. The van der Waals surface area contributed by atoms with Crippen molar-refractivity contribution in [3.63, 3.8) is 0 Å². The summed E-state index contributed by atoms with van der Waals surface area (Å²) in [6.45, 7) is 5.70. The van der Waals surface area contributed by atoms with Crippen LogP contribution >= 0.6 is 11.6 Å². The number of nitrogens with zero attached hydrogens (tertiary/aromatic N) is 3. The van der Waals surface area contributed by atoms with Crippen LogP contribution in [0.5, 0.6) is 0 Å². The molecule has 0 spiro atoms. The van der Waals surface area contributed by atoms with Gasteiger partial charge in [0, 0.05) is 36.0 Å². The fourth-order valence-electron chi connectivity index (χ4n) is 3.66. The molecule has 5 nitrogen and oxygen atoms in total. The summed E-state index contributed by atoms with van der Waals surface area (Å²) in [5, 5.41) is 1.55. The van der Waals surface area contributed by atoms with Crippen molar-refractivity contribution in [3.05, 3.63) is 41.0 Å². The highest BCUT2D eigenvalue weighted by atomic mass is 35.5. The summed E-state index contributed by atoms with van der Waals surface area (Å²) in [6.07, 6.45) is 2.00. The molecule has 26 heavy (non-hydrogen) atoms. The van der Waals surface area contributed by atoms with Gasteiger partial charge in [0.25, 0.3) is 5.91 Å². The quantitative estimate of drug-likeness (QED) is 0.813. The Morgan fingerprint density at radius 1 is 1.15 bits per heavy atom. The van der Waals surface area contributed by atoms with Crippen LogP contribution in [0.4, 0.5) is 0 Å². The molecule has 1 aromatic carbocycles. The van der Waals surface area contributed by atoms with Gasteiger partial charge in [-0.1, -0.05) is 23.7 Å². The van der Waals surface area contributed by atoms with Gasteiger partial charge in [0.05, 0.1) is 11.1 Å². The third-order valence-electron chi connectivity index (χ3n) is 5.26. The number of piperazine rings is 1. The normalized spacial score (nSPS) is 19.7. The first-order chi connectivity index (χ1) is 12.3. The van der Waals surface area contributed by atoms with E-state index in [1.165, 1.54) is 0 Å². The first-order valence-corrected chi connectivity index (χ1v) is 9.40. The zero-order valence-corrected chi connectivity index (χ0v) is 15.8. The third-order valence-corrected chi connectivity index (χ3v) is 5.49. The number of carbonyl (C=O) groups excluding carboxylic acids is 2. The van der Waals surface area contributed by atoms with Crippen molar-refractivity contribution in [2.24, 2.45) is 5.92 Å². The summed E-state index contributed by atoms with van der Waals surface area (Å²) in [4.78, 5) is 33.7. The van der Waals surface area contributed by atoms with E-state index < -0.39 is 5.54 Å². The van der Waals surface area contributed by atoms with Crippen LogP contribution in [0.2, 0.25) is 5.02 Å². The van der Waals surface area contributed by atoms with Crippen molar-refractivity contribution in [2.75, 3.05) is 19.6 Å². The van der Waals surface area contributed by atoms with E-state index >= 15 is 0 Å². The highest BCUT2D eigenvalue weighted by Crippen LogP contribution is 2.33. The zero-order valence-electron chi connectivity index (χ0n) is 15.0. The Bertz CT molecular complexity index is 892. The highest BCUT2D eigenvalue weighted by Gasteiger charge is 2.42. The fourth-order valence-corrected chi connectivity index (χ4v) is 3.82. The first-order valence-electron chi connectivity index (χ1n) is 9.02. The second kappa shape index (κ2) is 6.23. The molecule has 0 atom stereocenters. The molecule has 2 aliphatic rings. The van der Waals surface area contributed by atoms with Crippen molar-refractivity contribution in [3.8, 4) is 0 Å². The maximum atomic E-state index is 13.1. The summed E-state index contributed by atoms with van der Waals surface area (Å²) in [7, 11) is 0. The minimum atomic E-state index is -0.426. The molecule has 0 bridgehead atoms. The van der Waals surface area contributed by atoms with Crippen LogP contribution in [-0.4, -0.2) is 51.8 Å². The lowest BCUT2D eigenvalue weighted by Crippen LogP contribution is -2.62. The van der Waals surface area contributed by atoms with Gasteiger partial charge in [0.1, 0.15) is 5.69 Å². The van der Waals surface area contributed by atoms with Crippen LogP contribution in [0, 0.1) is 5.92 Å². The molecule has 0 N–H and O–H groups in total. The number of fused-ring (bicyclic) bond motifs is 1. The molecule has 0 radical (unpaired) electrons. The molecule has 136 valence electrons. The van der Waals surface area contributed by atoms with E-state index in [4.69, 9.17) is 11.6 Å². The summed E-state index contributed by atoms with van der Waals surface area (Å²) in [5.74, 6) is 0.346. The maximum Gasteiger partial charge on any atom is 0.273 e. The average molecular weight is 372 g/mol. The van der Waals surface area contributed by atoms with E-state index in [0.717, 1.165) is 18.2 Å². The summed E-state index contributed by atoms with van der Waals surface area (Å²) in [5.41, 5.74) is 0.698. The smallest absolute Gasteiger partial charge is 0.273 e. The molecule has 2 heterocycles. The lowest BCUT2D eigenvalue weighted by Gasteiger charge is -2.47. The van der Waals surface area contributed by atoms with Crippen molar-refractivity contribution in [1.82, 2.24) is 14.8 Å². The van der Waals surface area contributed by atoms with Crippen LogP contribution in [0.15, 0.2) is 30.3 Å². The standard InChI is InChI=1S/C20H22ClN3O2/c1-20(2)12-23(18(25)14-3-4-14)9-10-24(20)19(26)16-8-6-13-5-7-15(21)11-17(13)22-16/h5-8,11,14H,3-4,9-10,12H2,1-2H3. The SMILES string of the molecule is CC1(C)CN(C(=O)C2CC2)CCN1C(=O)c1ccc2ccc(Cl)cc2n1. The lowest BCUT2D eigenvalue weighted by atomic mass is 9.97. The third kappa shape index (κ3) is 3.16. The van der Waals surface area contributed by atoms with E-state index in [0.29, 0.717) is 35.9 Å². The number of carbonyl (C=O) groups is 2. The molecule has 1 saturated heterocycles. The molecule has 2 amide bonds. The average Bonchev–Trinajstić information content (AvgIpc) is 3.44. The Labute approximate surface area is 157 Å². The number of rotatable bonds is 2. The van der Waals surface area contributed by atoms with Crippen LogP contribution in [-0.2, 0) is 4.79 Å². The second-order valence-corrected chi connectivity index (χ2v) is 8.27. The van der Waals surface area contributed by atoms with Crippen molar-refractivity contribution in [1.29, 1.82) is 0 Å². The van der Waals surface area contributed by atoms with Gasteiger partial charge in [-0.2, -0.15) is 0 Å². The molecule has 0 unspecified atom stereocenters. The van der Waals surface area contributed by atoms with Gasteiger partial charge in [-0.05, 0) is 44.9 Å². The van der Waals surface area contributed by atoms with Gasteiger partial charge in [-0.3, -0.25) is 9.59 Å². The molecule has 1 aliphatic heterocycles. The largest absolute Gasteiger partial charge is 0.338 e. The Balaban J connectivity index is 1.56. The molecule has 6 heteroatoms. The Hall–Kier alpha value is -2.14. The van der Waals surface area contributed by atoms with E-state index in [-0.39, 0.29) is 17.7 Å². The topological polar surface area (TPSA) is 53.5 Å². The van der Waals surface area contributed by atoms with E-state index in [2.05, 4.69) is 4.98 Å². The Morgan fingerprint density at radius 2 is 1.88 bits per heavy atom. The van der Waals surface area contributed by atoms with Gasteiger partial charge >= 0.3 is 0 Å². The number of amides is 2. The van der Waals surface area contributed by atoms with E-state index in [1.54, 1.807) is 12.1 Å². The van der Waals surface area contributed by atoms with Crippen LogP contribution in [0.1, 0.15) is 37.2 Å². The number of halogens is 1. The van der Waals surface area contributed by atoms with Crippen molar-refractivity contribution in [2.45, 2.75) is 32.2 Å². The van der Waals surface area contributed by atoms with Gasteiger partial charge in [0.2, 0.25) is 5.91 Å². The second-order valence-electron chi connectivity index (χ2n) is 7.84. The highest BCUT2D eigenvalue weighted by molar-refractivity contribution is 6.31. The summed E-state index contributed by atoms with van der Waals surface area (Å²) < 4.78 is 0. The minimum absolute atomic E-state index is 0.101. The molecule has 2 aromatic rings. The van der Waals surface area contributed by atoms with Gasteiger partial charge < -0.3 is 9.80 Å². The van der Waals surface area contributed by atoms with Crippen LogP contribution in [0.3, 0.4) is 0 Å². The Kier molecular flexibility index (Phi) is 4.14. The van der Waals surface area contributed by atoms with E-state index in [1.807, 2.05) is 41.8 Å². The number of pyridine rings is 1. The van der Waals surface area contributed by atoms with E-state index in [9.17, 15) is 9.59 Å². The minimum Gasteiger partial charge on any atom is -0.338 e. The molecule has 1 aliphatic carbocycles. The molecule has 1 saturated carbocycles. The first kappa shape index (κ1) is 17.3. The van der Waals surface area contributed by atoms with Crippen molar-refractivity contribution < 1.29 is 9.59 Å². The number of benzene rings is 1. The summed E-state index contributed by atoms with van der Waals surface area (Å²) in [6, 6.07) is 9.13. The summed E-state index contributed by atoms with van der Waals surface area (Å²) >= 11 is 6.05. The van der Waals surface area contributed by atoms with Crippen LogP contribution < -0.4 is 0 Å². The number of aromatic nitrogens is 1. The molecule has 2 fully saturated rings. The number of hydrogen-bond donors (Lipinski definition) is 0. The fraction of sp³-hybridized carbons (Fsp3) is 0.450. The Morgan fingerprint density at radius 3 is 2.58 bits per heavy atom. The molecular weight excluding hydrogens is 350 g/mol. The lowest BCUT2D eigenvalue weighted by molar-refractivity contribution is -0.136. The monoisotopic (exact) mass is 371 g/mol. The molecule has 1 aromatic heterocycles.